The first-order valence-corrected chi connectivity index (χ1v) is 9.81. The first kappa shape index (κ1) is 19.6. The van der Waals surface area contributed by atoms with Crippen molar-refractivity contribution in [2.75, 3.05) is 12.4 Å². The Labute approximate surface area is 167 Å². The molecule has 2 aromatic carbocycles. The van der Waals surface area contributed by atoms with E-state index in [2.05, 4.69) is 20.7 Å². The van der Waals surface area contributed by atoms with E-state index in [4.69, 9.17) is 4.74 Å². The van der Waals surface area contributed by atoms with Crippen molar-refractivity contribution in [1.82, 2.24) is 20.2 Å². The number of aryl methyl sites for hydroxylation is 1. The van der Waals surface area contributed by atoms with Gasteiger partial charge in [0.05, 0.1) is 18.6 Å². The molecular weight excluding hydrogens is 374 g/mol. The Balaban J connectivity index is 1.59. The third-order valence-electron chi connectivity index (χ3n) is 3.75. The molecule has 8 heteroatoms. The van der Waals surface area contributed by atoms with Crippen molar-refractivity contribution in [3.8, 4) is 11.4 Å². The first-order valence-electron chi connectivity index (χ1n) is 8.83. The number of ether oxygens (including phenoxy) is 1. The highest BCUT2D eigenvalue weighted by atomic mass is 32.2. The van der Waals surface area contributed by atoms with Gasteiger partial charge in [0.15, 0.2) is 5.16 Å². The molecule has 7 nitrogen and oxygen atoms in total. The van der Waals surface area contributed by atoms with Gasteiger partial charge in [-0.3, -0.25) is 9.36 Å². The van der Waals surface area contributed by atoms with Gasteiger partial charge in [-0.15, -0.1) is 10.2 Å². The van der Waals surface area contributed by atoms with Gasteiger partial charge >= 0.3 is 0 Å². The highest BCUT2D eigenvalue weighted by Crippen LogP contribution is 2.21. The number of thioether (sulfide) groups is 1. The number of para-hydroxylation sites is 2. The molecule has 3 rings (SSSR count). The molecule has 0 unspecified atom stereocenters. The van der Waals surface area contributed by atoms with Crippen LogP contribution in [0.4, 0.5) is 0 Å². The Bertz CT molecular complexity index is 956. The van der Waals surface area contributed by atoms with E-state index < -0.39 is 0 Å². The van der Waals surface area contributed by atoms with Gasteiger partial charge in [0, 0.05) is 11.3 Å². The largest absolute Gasteiger partial charge is 0.493 e. The molecule has 1 N–H and O–H groups in total. The van der Waals surface area contributed by atoms with E-state index in [9.17, 15) is 4.79 Å². The molecule has 28 heavy (non-hydrogen) atoms. The van der Waals surface area contributed by atoms with Crippen molar-refractivity contribution < 1.29 is 9.53 Å². The van der Waals surface area contributed by atoms with Gasteiger partial charge in [-0.05, 0) is 38.1 Å². The van der Waals surface area contributed by atoms with E-state index in [0.29, 0.717) is 11.8 Å². The number of hydrazone groups is 1. The maximum absolute atomic E-state index is 12.1. The SMILES string of the molecule is CCOc1ccccc1/C=N\NC(=O)CSc1nnc(C)n1-c1ccccc1. The number of amides is 1. The number of aromatic nitrogens is 3. The molecule has 0 saturated carbocycles. The Morgan fingerprint density at radius 1 is 1.18 bits per heavy atom. The van der Waals surface area contributed by atoms with Gasteiger partial charge in [-0.25, -0.2) is 5.43 Å². The summed E-state index contributed by atoms with van der Waals surface area (Å²) in [7, 11) is 0. The maximum Gasteiger partial charge on any atom is 0.250 e. The number of nitrogens with zero attached hydrogens (tertiary/aromatic N) is 4. The average Bonchev–Trinajstić information content (AvgIpc) is 3.09. The second kappa shape index (κ2) is 9.70. The molecular formula is C20H21N5O2S. The lowest BCUT2D eigenvalue weighted by Gasteiger charge is -2.07. The Hall–Kier alpha value is -3.13. The predicted molar refractivity (Wildman–Crippen MR) is 110 cm³/mol. The van der Waals surface area contributed by atoms with Crippen LogP contribution in [0, 0.1) is 6.92 Å². The number of rotatable bonds is 8. The monoisotopic (exact) mass is 395 g/mol. The van der Waals surface area contributed by atoms with E-state index in [0.717, 1.165) is 22.8 Å². The van der Waals surface area contributed by atoms with Crippen molar-refractivity contribution in [1.29, 1.82) is 0 Å². The third-order valence-corrected chi connectivity index (χ3v) is 4.68. The molecule has 0 atom stereocenters. The Kier molecular flexibility index (Phi) is 6.80. The number of hydrogen-bond acceptors (Lipinski definition) is 6. The molecule has 0 bridgehead atoms. The van der Waals surface area contributed by atoms with Crippen LogP contribution in [0.2, 0.25) is 0 Å². The Morgan fingerprint density at radius 2 is 1.93 bits per heavy atom. The van der Waals surface area contributed by atoms with Gasteiger partial charge < -0.3 is 4.74 Å². The number of hydrogen-bond donors (Lipinski definition) is 1. The van der Waals surface area contributed by atoms with Crippen LogP contribution in [0.5, 0.6) is 5.75 Å². The second-order valence-corrected chi connectivity index (χ2v) is 6.70. The van der Waals surface area contributed by atoms with Crippen LogP contribution < -0.4 is 10.2 Å². The van der Waals surface area contributed by atoms with Crippen LogP contribution in [0.1, 0.15) is 18.3 Å². The zero-order valence-electron chi connectivity index (χ0n) is 15.7. The van der Waals surface area contributed by atoms with Gasteiger partial charge in [-0.2, -0.15) is 5.10 Å². The lowest BCUT2D eigenvalue weighted by Crippen LogP contribution is -2.20. The lowest BCUT2D eigenvalue weighted by atomic mass is 10.2. The molecule has 1 amide bonds. The van der Waals surface area contributed by atoms with E-state index >= 15 is 0 Å². The van der Waals surface area contributed by atoms with Crippen molar-refractivity contribution in [3.63, 3.8) is 0 Å². The highest BCUT2D eigenvalue weighted by molar-refractivity contribution is 7.99. The molecule has 3 aromatic rings. The molecule has 0 saturated heterocycles. The highest BCUT2D eigenvalue weighted by Gasteiger charge is 2.13. The van der Waals surface area contributed by atoms with Crippen LogP contribution in [-0.4, -0.2) is 39.2 Å². The van der Waals surface area contributed by atoms with Crippen LogP contribution in [0.15, 0.2) is 64.9 Å². The fourth-order valence-electron chi connectivity index (χ4n) is 2.52. The minimum atomic E-state index is -0.226. The second-order valence-electron chi connectivity index (χ2n) is 5.75. The summed E-state index contributed by atoms with van der Waals surface area (Å²) >= 11 is 1.31. The molecule has 1 aromatic heterocycles. The van der Waals surface area contributed by atoms with Crippen molar-refractivity contribution in [2.24, 2.45) is 5.10 Å². The van der Waals surface area contributed by atoms with Crippen molar-refractivity contribution in [2.45, 2.75) is 19.0 Å². The average molecular weight is 395 g/mol. The van der Waals surface area contributed by atoms with E-state index in [-0.39, 0.29) is 11.7 Å². The molecule has 0 aliphatic carbocycles. The molecule has 0 aliphatic heterocycles. The van der Waals surface area contributed by atoms with Crippen LogP contribution in [0.25, 0.3) is 5.69 Å². The summed E-state index contributed by atoms with van der Waals surface area (Å²) in [4.78, 5) is 12.1. The van der Waals surface area contributed by atoms with Crippen LogP contribution in [0.3, 0.4) is 0 Å². The van der Waals surface area contributed by atoms with E-state index in [1.807, 2.05) is 73.0 Å². The quantitative estimate of drug-likeness (QED) is 0.360. The summed E-state index contributed by atoms with van der Waals surface area (Å²) in [5.74, 6) is 1.44. The molecule has 0 aliphatic rings. The fourth-order valence-corrected chi connectivity index (χ4v) is 3.31. The molecule has 1 heterocycles. The Morgan fingerprint density at radius 3 is 2.71 bits per heavy atom. The number of benzene rings is 2. The fraction of sp³-hybridized carbons (Fsp3) is 0.200. The van der Waals surface area contributed by atoms with Crippen molar-refractivity contribution >= 4 is 23.9 Å². The number of nitrogens with one attached hydrogen (secondary N) is 1. The van der Waals surface area contributed by atoms with Gasteiger partial charge in [-0.1, -0.05) is 42.1 Å². The van der Waals surface area contributed by atoms with E-state index in [1.165, 1.54) is 11.8 Å². The topological polar surface area (TPSA) is 81.4 Å². The van der Waals surface area contributed by atoms with Gasteiger partial charge in [0.2, 0.25) is 0 Å². The molecule has 0 radical (unpaired) electrons. The number of carbonyl (C=O) groups excluding carboxylic acids is 1. The standard InChI is InChI=1S/C20H21N5O2S/c1-3-27-18-12-8-7-9-16(18)13-21-23-19(26)14-28-20-24-22-15(2)25(20)17-10-5-4-6-11-17/h4-13H,3,14H2,1-2H3,(H,23,26)/b21-13-. The first-order chi connectivity index (χ1) is 13.7. The summed E-state index contributed by atoms with van der Waals surface area (Å²) in [6.07, 6.45) is 1.57. The van der Waals surface area contributed by atoms with Gasteiger partial charge in [0.1, 0.15) is 11.6 Å². The van der Waals surface area contributed by atoms with E-state index in [1.54, 1.807) is 6.21 Å². The predicted octanol–water partition coefficient (Wildman–Crippen LogP) is 3.22. The normalized spacial score (nSPS) is 10.9. The summed E-state index contributed by atoms with van der Waals surface area (Å²) in [5, 5.41) is 13.0. The molecule has 144 valence electrons. The molecule has 0 spiro atoms. The molecule has 0 fully saturated rings. The van der Waals surface area contributed by atoms with Gasteiger partial charge in [0.25, 0.3) is 5.91 Å². The minimum absolute atomic E-state index is 0.176. The summed E-state index contributed by atoms with van der Waals surface area (Å²) in [5.41, 5.74) is 4.29. The van der Waals surface area contributed by atoms with Crippen molar-refractivity contribution in [3.05, 3.63) is 66.0 Å². The third kappa shape index (κ3) is 4.98. The maximum atomic E-state index is 12.1. The minimum Gasteiger partial charge on any atom is -0.493 e. The smallest absolute Gasteiger partial charge is 0.250 e. The lowest BCUT2D eigenvalue weighted by molar-refractivity contribution is -0.118. The zero-order chi connectivity index (χ0) is 19.8. The number of carbonyl (C=O) groups is 1. The van der Waals surface area contributed by atoms with Crippen LogP contribution in [-0.2, 0) is 4.79 Å². The summed E-state index contributed by atoms with van der Waals surface area (Å²) in [6.45, 7) is 4.36. The zero-order valence-corrected chi connectivity index (χ0v) is 16.5. The van der Waals surface area contributed by atoms with Crippen LogP contribution >= 0.6 is 11.8 Å². The summed E-state index contributed by atoms with van der Waals surface area (Å²) < 4.78 is 7.45. The summed E-state index contributed by atoms with van der Waals surface area (Å²) in [6, 6.07) is 17.3.